The number of aliphatic hydroxyl groups is 1. The summed E-state index contributed by atoms with van der Waals surface area (Å²) in [5.41, 5.74) is -0.293. The van der Waals surface area contributed by atoms with Crippen LogP contribution in [-0.4, -0.2) is 48.9 Å². The van der Waals surface area contributed by atoms with Gasteiger partial charge in [-0.25, -0.2) is 0 Å². The Morgan fingerprint density at radius 2 is 1.75 bits per heavy atom. The second-order valence-corrected chi connectivity index (χ2v) is 5.91. The van der Waals surface area contributed by atoms with Crippen molar-refractivity contribution in [3.63, 3.8) is 0 Å². The van der Waals surface area contributed by atoms with Gasteiger partial charge in [-0.05, 0) is 20.8 Å². The van der Waals surface area contributed by atoms with Gasteiger partial charge in [0.15, 0.2) is 5.79 Å². The molecule has 0 aromatic carbocycles. The standard InChI is InChI=1S/C8H16O3.CH4O3S/c1-7(2)10-6-8(3,11-7)4-5-9;1-5(2,3)4/h9H,4-6H2,1-3H3;1H3,(H,2,3,4). The van der Waals surface area contributed by atoms with Gasteiger partial charge in [0.05, 0.1) is 18.5 Å². The van der Waals surface area contributed by atoms with Crippen LogP contribution in [0.5, 0.6) is 0 Å². The van der Waals surface area contributed by atoms with Crippen molar-refractivity contribution >= 4 is 10.1 Å². The molecule has 98 valence electrons. The smallest absolute Gasteiger partial charge is 0.261 e. The number of aliphatic hydroxyl groups excluding tert-OH is 1. The van der Waals surface area contributed by atoms with Crippen molar-refractivity contribution in [1.29, 1.82) is 0 Å². The van der Waals surface area contributed by atoms with Gasteiger partial charge >= 0.3 is 0 Å². The fraction of sp³-hybridized carbons (Fsp3) is 1.00. The molecule has 16 heavy (non-hydrogen) atoms. The van der Waals surface area contributed by atoms with Gasteiger partial charge in [0, 0.05) is 13.0 Å². The van der Waals surface area contributed by atoms with Gasteiger partial charge in [0.2, 0.25) is 0 Å². The summed E-state index contributed by atoms with van der Waals surface area (Å²) in [4.78, 5) is 0. The zero-order valence-corrected chi connectivity index (χ0v) is 10.9. The highest BCUT2D eigenvalue weighted by atomic mass is 32.2. The van der Waals surface area contributed by atoms with E-state index in [1.54, 1.807) is 0 Å². The van der Waals surface area contributed by atoms with E-state index >= 15 is 0 Å². The number of hydrogen-bond acceptors (Lipinski definition) is 5. The highest BCUT2D eigenvalue weighted by molar-refractivity contribution is 7.85. The highest BCUT2D eigenvalue weighted by Crippen LogP contribution is 2.32. The maximum absolute atomic E-state index is 9.19. The maximum Gasteiger partial charge on any atom is 0.261 e. The van der Waals surface area contributed by atoms with Crippen molar-refractivity contribution < 1.29 is 27.6 Å². The third kappa shape index (κ3) is 8.00. The topological polar surface area (TPSA) is 93.1 Å². The molecule has 0 saturated carbocycles. The zero-order valence-electron chi connectivity index (χ0n) is 10.1. The summed E-state index contributed by atoms with van der Waals surface area (Å²) in [5.74, 6) is -0.482. The van der Waals surface area contributed by atoms with Gasteiger partial charge < -0.3 is 14.6 Å². The summed E-state index contributed by atoms with van der Waals surface area (Å²) < 4.78 is 36.8. The minimum Gasteiger partial charge on any atom is -0.396 e. The van der Waals surface area contributed by atoms with E-state index in [4.69, 9.17) is 19.1 Å². The van der Waals surface area contributed by atoms with E-state index in [0.29, 0.717) is 19.3 Å². The summed E-state index contributed by atoms with van der Waals surface area (Å²) in [7, 11) is -3.67. The Labute approximate surface area is 96.3 Å². The first kappa shape index (κ1) is 15.8. The van der Waals surface area contributed by atoms with E-state index in [9.17, 15) is 8.42 Å². The first-order valence-electron chi connectivity index (χ1n) is 4.85. The van der Waals surface area contributed by atoms with Crippen molar-refractivity contribution in [3.8, 4) is 0 Å². The Morgan fingerprint density at radius 3 is 2.00 bits per heavy atom. The molecule has 0 aromatic rings. The highest BCUT2D eigenvalue weighted by Gasteiger charge is 2.41. The summed E-state index contributed by atoms with van der Waals surface area (Å²) in [6.45, 7) is 6.44. The molecule has 1 fully saturated rings. The van der Waals surface area contributed by atoms with Gasteiger partial charge in [0.25, 0.3) is 10.1 Å². The van der Waals surface area contributed by atoms with Crippen molar-refractivity contribution in [1.82, 2.24) is 0 Å². The minimum absolute atomic E-state index is 0.149. The first-order valence-corrected chi connectivity index (χ1v) is 6.70. The Balaban J connectivity index is 0.000000385. The van der Waals surface area contributed by atoms with Crippen LogP contribution in [0.25, 0.3) is 0 Å². The molecule has 1 unspecified atom stereocenters. The molecular weight excluding hydrogens is 236 g/mol. The molecule has 0 aromatic heterocycles. The van der Waals surface area contributed by atoms with E-state index in [0.717, 1.165) is 0 Å². The van der Waals surface area contributed by atoms with Crippen LogP contribution in [0.3, 0.4) is 0 Å². The fourth-order valence-corrected chi connectivity index (χ4v) is 1.34. The summed E-state index contributed by atoms with van der Waals surface area (Å²) >= 11 is 0. The minimum atomic E-state index is -3.67. The first-order chi connectivity index (χ1) is 6.97. The van der Waals surface area contributed by atoms with Crippen LogP contribution >= 0.6 is 0 Å². The SMILES string of the molecule is CC1(CCO)COC(C)(C)O1.CS(=O)(=O)O. The molecular formula is C9H20O6S. The Bertz CT molecular complexity index is 302. The molecule has 7 heteroatoms. The van der Waals surface area contributed by atoms with Crippen molar-refractivity contribution in [3.05, 3.63) is 0 Å². The quantitative estimate of drug-likeness (QED) is 0.695. The Kier molecular flexibility index (Phi) is 5.34. The second-order valence-electron chi connectivity index (χ2n) is 4.45. The van der Waals surface area contributed by atoms with E-state index in [1.165, 1.54) is 0 Å². The molecule has 1 rings (SSSR count). The molecule has 0 radical (unpaired) electrons. The largest absolute Gasteiger partial charge is 0.396 e. The molecule has 0 aliphatic carbocycles. The van der Waals surface area contributed by atoms with E-state index in [1.807, 2.05) is 20.8 Å². The molecule has 0 amide bonds. The van der Waals surface area contributed by atoms with Crippen LogP contribution in [0.4, 0.5) is 0 Å². The lowest BCUT2D eigenvalue weighted by Gasteiger charge is -2.23. The third-order valence-electron chi connectivity index (χ3n) is 1.86. The lowest BCUT2D eigenvalue weighted by Crippen LogP contribution is -2.31. The third-order valence-corrected chi connectivity index (χ3v) is 1.86. The zero-order chi connectivity index (χ0) is 13.0. The van der Waals surface area contributed by atoms with E-state index in [-0.39, 0.29) is 12.2 Å². The van der Waals surface area contributed by atoms with Crippen LogP contribution in [-0.2, 0) is 19.6 Å². The van der Waals surface area contributed by atoms with Gasteiger partial charge in [-0.3, -0.25) is 4.55 Å². The van der Waals surface area contributed by atoms with Crippen molar-refractivity contribution in [2.24, 2.45) is 0 Å². The Morgan fingerprint density at radius 1 is 1.31 bits per heavy atom. The van der Waals surface area contributed by atoms with E-state index in [2.05, 4.69) is 0 Å². The van der Waals surface area contributed by atoms with Crippen LogP contribution in [0.1, 0.15) is 27.2 Å². The lowest BCUT2D eigenvalue weighted by molar-refractivity contribution is -0.159. The van der Waals surface area contributed by atoms with Crippen LogP contribution < -0.4 is 0 Å². The summed E-state index contributed by atoms with van der Waals surface area (Å²) in [6.07, 6.45) is 1.35. The molecule has 1 aliphatic rings. The Hall–Kier alpha value is -0.210. The molecule has 2 N–H and O–H groups in total. The van der Waals surface area contributed by atoms with Crippen LogP contribution in [0, 0.1) is 0 Å². The normalized spacial score (nSPS) is 28.4. The van der Waals surface area contributed by atoms with Crippen molar-refractivity contribution in [2.75, 3.05) is 19.5 Å². The molecule has 1 saturated heterocycles. The molecule has 1 atom stereocenters. The lowest BCUT2D eigenvalue weighted by atomic mass is 10.1. The van der Waals surface area contributed by atoms with Gasteiger partial charge in [-0.2, -0.15) is 8.42 Å². The number of ether oxygens (including phenoxy) is 2. The van der Waals surface area contributed by atoms with Gasteiger partial charge in [-0.15, -0.1) is 0 Å². The predicted molar refractivity (Wildman–Crippen MR) is 58.7 cm³/mol. The van der Waals surface area contributed by atoms with Gasteiger partial charge in [0.1, 0.15) is 0 Å². The number of rotatable bonds is 2. The molecule has 1 heterocycles. The van der Waals surface area contributed by atoms with Crippen LogP contribution in [0.2, 0.25) is 0 Å². The van der Waals surface area contributed by atoms with Gasteiger partial charge in [-0.1, -0.05) is 0 Å². The average molecular weight is 256 g/mol. The molecule has 1 aliphatic heterocycles. The monoisotopic (exact) mass is 256 g/mol. The summed E-state index contributed by atoms with van der Waals surface area (Å²) in [6, 6.07) is 0. The van der Waals surface area contributed by atoms with Crippen molar-refractivity contribution in [2.45, 2.75) is 38.6 Å². The molecule has 6 nitrogen and oxygen atoms in total. The molecule has 0 bridgehead atoms. The predicted octanol–water partition coefficient (Wildman–Crippen LogP) is 0.414. The molecule has 0 spiro atoms. The fourth-order valence-electron chi connectivity index (χ4n) is 1.34. The number of hydrogen-bond donors (Lipinski definition) is 2. The maximum atomic E-state index is 9.19. The van der Waals surface area contributed by atoms with E-state index < -0.39 is 15.9 Å². The second kappa shape index (κ2) is 5.42. The summed E-state index contributed by atoms with van der Waals surface area (Å²) in [5, 5.41) is 8.73. The van der Waals surface area contributed by atoms with Crippen LogP contribution in [0.15, 0.2) is 0 Å². The average Bonchev–Trinajstić information content (AvgIpc) is 2.22.